The molecular weight excluding hydrogens is 889 g/mol. The van der Waals surface area contributed by atoms with Crippen molar-refractivity contribution in [2.45, 2.75) is 151 Å². The maximum atomic E-state index is 11.8. The Kier molecular flexibility index (Phi) is 19.0. The van der Waals surface area contributed by atoms with Crippen molar-refractivity contribution in [3.63, 3.8) is 0 Å². The molecule has 0 amide bonds. The van der Waals surface area contributed by atoms with Gasteiger partial charge in [-0.15, -0.1) is 0 Å². The molecule has 4 aromatic carbocycles. The lowest BCUT2D eigenvalue weighted by Crippen LogP contribution is -2.36. The van der Waals surface area contributed by atoms with Crippen LogP contribution >= 0.6 is 0 Å². The number of benzene rings is 4. The van der Waals surface area contributed by atoms with Gasteiger partial charge in [0.1, 0.15) is 11.5 Å². The Morgan fingerprint density at radius 1 is 0.609 bits per heavy atom. The number of nitrogens with zero attached hydrogens (tertiary/aromatic N) is 2. The fourth-order valence-electron chi connectivity index (χ4n) is 11.0. The van der Waals surface area contributed by atoms with Crippen LogP contribution in [0, 0.1) is 34.5 Å². The van der Waals surface area contributed by atoms with Crippen molar-refractivity contribution in [1.82, 2.24) is 9.80 Å². The van der Waals surface area contributed by atoms with Crippen LogP contribution in [-0.2, 0) is 41.7 Å². The molecule has 0 aromatic heterocycles. The van der Waals surface area contributed by atoms with Crippen LogP contribution in [0.25, 0.3) is 21.5 Å². The van der Waals surface area contributed by atoms with Gasteiger partial charge >= 0.3 is 11.9 Å². The predicted molar refractivity (Wildman–Crippen MR) is 277 cm³/mol. The first-order valence-electron chi connectivity index (χ1n) is 25.8. The van der Waals surface area contributed by atoms with E-state index in [1.54, 1.807) is 6.07 Å². The summed E-state index contributed by atoms with van der Waals surface area (Å²) in [7, 11) is -3.28. The smallest absolute Gasteiger partial charge is 0.309 e. The Balaban J connectivity index is 0.000000181. The van der Waals surface area contributed by atoms with Gasteiger partial charge < -0.3 is 19.7 Å². The number of esters is 1. The van der Waals surface area contributed by atoms with E-state index in [4.69, 9.17) is 13.7 Å². The molecule has 2 saturated heterocycles. The summed E-state index contributed by atoms with van der Waals surface area (Å²) in [6.45, 7) is 21.0. The van der Waals surface area contributed by atoms with Crippen molar-refractivity contribution in [3.05, 3.63) is 83.9 Å². The molecule has 11 nitrogen and oxygen atoms in total. The first-order valence-corrected chi connectivity index (χ1v) is 27.6. The number of hydrogen-bond donors (Lipinski definition) is 2. The molecule has 2 N–H and O–H groups in total. The Labute approximate surface area is 413 Å². The van der Waals surface area contributed by atoms with Gasteiger partial charge in [0, 0.05) is 24.2 Å². The van der Waals surface area contributed by atoms with Crippen LogP contribution in [0.4, 0.5) is 0 Å². The molecule has 12 heteroatoms. The summed E-state index contributed by atoms with van der Waals surface area (Å²) < 4.78 is 38.7. The largest absolute Gasteiger partial charge is 0.508 e. The molecule has 2 aliphatic carbocycles. The van der Waals surface area contributed by atoms with Crippen LogP contribution in [0.5, 0.6) is 11.5 Å². The number of phenols is 1. The number of carbonyl (C=O) groups excluding carboxylic acids is 1. The third-order valence-corrected chi connectivity index (χ3v) is 15.9. The Bertz CT molecular complexity index is 2390. The summed E-state index contributed by atoms with van der Waals surface area (Å²) in [5.41, 5.74) is 2.93. The molecule has 4 aromatic rings. The number of fused-ring (bicyclic) bond motifs is 2. The monoisotopic (exact) mass is 971 g/mol. The molecule has 0 radical (unpaired) electrons. The van der Waals surface area contributed by atoms with E-state index in [0.717, 1.165) is 131 Å². The predicted octanol–water partition coefficient (Wildman–Crippen LogP) is 12.0. The number of phenolic OH excluding ortho intramolecular Hbond substituents is 1. The van der Waals surface area contributed by atoms with Crippen molar-refractivity contribution >= 4 is 43.6 Å². The molecular formula is C57H82N2O9S. The minimum absolute atomic E-state index is 0.0207. The molecule has 4 fully saturated rings. The number of carboxylic acid groups (broad SMARTS) is 1. The van der Waals surface area contributed by atoms with E-state index < -0.39 is 16.1 Å². The highest BCUT2D eigenvalue weighted by atomic mass is 32.2. The van der Waals surface area contributed by atoms with Crippen LogP contribution < -0.4 is 4.74 Å². The topological polar surface area (TPSA) is 143 Å². The zero-order valence-corrected chi connectivity index (χ0v) is 43.7. The van der Waals surface area contributed by atoms with Crippen LogP contribution in [0.15, 0.2) is 72.8 Å². The highest BCUT2D eigenvalue weighted by Crippen LogP contribution is 2.41. The lowest BCUT2D eigenvalue weighted by Gasteiger charge is -2.37. The first-order chi connectivity index (χ1) is 32.7. The number of aliphatic carboxylic acids is 1. The summed E-state index contributed by atoms with van der Waals surface area (Å²) in [5, 5.41) is 24.3. The summed E-state index contributed by atoms with van der Waals surface area (Å²) in [5.74, 6) is 1.93. The molecule has 4 aliphatic rings. The summed E-state index contributed by atoms with van der Waals surface area (Å²) in [4.78, 5) is 27.8. The number of likely N-dealkylation sites (tertiary alicyclic amines) is 2. The molecule has 69 heavy (non-hydrogen) atoms. The number of carbonyl (C=O) groups is 2. The molecule has 380 valence electrons. The number of aromatic hydroxyl groups is 1. The quantitative estimate of drug-likeness (QED) is 0.110. The van der Waals surface area contributed by atoms with Gasteiger partial charge in [-0.1, -0.05) is 102 Å². The van der Waals surface area contributed by atoms with Gasteiger partial charge in [0.25, 0.3) is 10.1 Å². The summed E-state index contributed by atoms with van der Waals surface area (Å²) in [6.07, 6.45) is 13.0. The molecule has 0 bridgehead atoms. The third-order valence-electron chi connectivity index (χ3n) is 15.3. The number of hydrogen-bond acceptors (Lipinski definition) is 10. The van der Waals surface area contributed by atoms with Crippen LogP contribution in [0.2, 0.25) is 0 Å². The second-order valence-corrected chi connectivity index (χ2v) is 23.9. The summed E-state index contributed by atoms with van der Waals surface area (Å²) in [6, 6.07) is 24.7. The zero-order chi connectivity index (χ0) is 49.9. The normalized spacial score (nSPS) is 22.5. The fourth-order valence-corrected chi connectivity index (χ4v) is 11.6. The van der Waals surface area contributed by atoms with E-state index in [9.17, 15) is 28.2 Å². The zero-order valence-electron chi connectivity index (χ0n) is 42.9. The molecule has 8 rings (SSSR count). The van der Waals surface area contributed by atoms with Gasteiger partial charge in [-0.2, -0.15) is 8.42 Å². The number of carboxylic acids is 1. The van der Waals surface area contributed by atoms with Crippen molar-refractivity contribution < 1.29 is 41.9 Å². The second kappa shape index (κ2) is 24.3. The summed E-state index contributed by atoms with van der Waals surface area (Å²) >= 11 is 0. The molecule has 2 aliphatic heterocycles. The lowest BCUT2D eigenvalue weighted by atomic mass is 9.72. The molecule has 0 atom stereocenters. The van der Waals surface area contributed by atoms with Crippen molar-refractivity contribution in [3.8, 4) is 11.5 Å². The van der Waals surface area contributed by atoms with Gasteiger partial charge in [0.15, 0.2) is 0 Å². The first kappa shape index (κ1) is 54.1. The second-order valence-electron chi connectivity index (χ2n) is 22.3. The third kappa shape index (κ3) is 15.9. The van der Waals surface area contributed by atoms with Crippen molar-refractivity contribution in [2.24, 2.45) is 34.5 Å². The van der Waals surface area contributed by atoms with Gasteiger partial charge in [-0.25, -0.2) is 0 Å². The van der Waals surface area contributed by atoms with Crippen LogP contribution in [-0.4, -0.2) is 91.6 Å². The minimum atomic E-state index is -3.28. The lowest BCUT2D eigenvalue weighted by molar-refractivity contribution is -0.149. The van der Waals surface area contributed by atoms with Crippen LogP contribution in [0.1, 0.15) is 137 Å². The average molecular weight is 971 g/mol. The minimum Gasteiger partial charge on any atom is -0.508 e. The Morgan fingerprint density at radius 2 is 1.06 bits per heavy atom. The molecule has 0 spiro atoms. The van der Waals surface area contributed by atoms with Gasteiger partial charge in [-0.05, 0) is 166 Å². The molecule has 2 saturated carbocycles. The number of ether oxygens (including phenoxy) is 2. The Hall–Kier alpha value is -4.23. The highest BCUT2D eigenvalue weighted by molar-refractivity contribution is 7.86. The number of piperidine rings is 2. The van der Waals surface area contributed by atoms with Crippen molar-refractivity contribution in [2.75, 3.05) is 39.0 Å². The van der Waals surface area contributed by atoms with E-state index in [-0.39, 0.29) is 30.0 Å². The van der Waals surface area contributed by atoms with Gasteiger partial charge in [0.05, 0.1) is 36.9 Å². The van der Waals surface area contributed by atoms with Gasteiger partial charge in [0.2, 0.25) is 0 Å². The standard InChI is InChI=1S/C27H37NO3.C19H23NO3.C11H22O3S/c1-27(2,3)21-9-11-22(12-10-21)31-25-13-8-19-6-4-5-7-23(19)24(25)18-28-16-14-20(15-17-28)26(29)30;1-2-23-19(22)15-9-11-20(12-10-15)13-17-16-6-4-3-5-14(16)7-8-18(17)21;1-11(2,3)9-5-7-10(8-6-9)14-15(4,12)13/h4-8,13,20-22H,9-12,14-18H2,1-3H3,(H,29,30);3-8,15,21H,2,9-13H2,1H3;9-10H,5-8H2,1-4H3. The highest BCUT2D eigenvalue weighted by Gasteiger charge is 2.33. The van der Waals surface area contributed by atoms with E-state index in [1.807, 2.05) is 25.1 Å². The fraction of sp³-hybridized carbons (Fsp3) is 0.614. The Morgan fingerprint density at radius 3 is 1.54 bits per heavy atom. The maximum absolute atomic E-state index is 11.8. The van der Waals surface area contributed by atoms with E-state index >= 15 is 0 Å². The van der Waals surface area contributed by atoms with Gasteiger partial charge in [-0.3, -0.25) is 23.6 Å². The molecule has 0 unspecified atom stereocenters. The van der Waals surface area contributed by atoms with E-state index in [1.165, 1.54) is 29.2 Å². The van der Waals surface area contributed by atoms with E-state index in [2.05, 4.69) is 99.9 Å². The number of rotatable bonds is 11. The van der Waals surface area contributed by atoms with Crippen molar-refractivity contribution in [1.29, 1.82) is 0 Å². The average Bonchev–Trinajstić information content (AvgIpc) is 3.31. The molecule has 2 heterocycles. The van der Waals surface area contributed by atoms with E-state index in [0.29, 0.717) is 35.6 Å². The SMILES string of the molecule is CC(C)(C)C1CCC(OS(C)(=O)=O)CC1.CC(C)(C)C1CCC(Oc2ccc3ccccc3c2CN2CCC(C(=O)O)CC2)CC1.CCOC(=O)C1CCN(Cc2c(O)ccc3ccccc23)CC1. The van der Waals surface area contributed by atoms with Crippen LogP contribution in [0.3, 0.4) is 0 Å². The maximum Gasteiger partial charge on any atom is 0.309 e.